The monoisotopic (exact) mass is 292 g/mol. The van der Waals surface area contributed by atoms with Gasteiger partial charge in [-0.1, -0.05) is 12.2 Å². The normalized spacial score (nSPS) is 19.8. The number of alkyl carbamates (subject to hydrolysis) is 1. The maximum atomic E-state index is 11.5. The summed E-state index contributed by atoms with van der Waals surface area (Å²) < 4.78 is 5.12. The number of aliphatic hydroxyl groups is 1. The quantitative estimate of drug-likeness (QED) is 0.762. The van der Waals surface area contributed by atoms with Crippen LogP contribution in [0.5, 0.6) is 0 Å². The van der Waals surface area contributed by atoms with Gasteiger partial charge in [-0.05, 0) is 20.8 Å². The maximum Gasteiger partial charge on any atom is 0.408 e. The Morgan fingerprint density at radius 3 is 2.83 bits per heavy atom. The molecule has 1 fully saturated rings. The van der Waals surface area contributed by atoms with Gasteiger partial charge in [0.1, 0.15) is 5.60 Å². The van der Waals surface area contributed by atoms with Crippen LogP contribution in [0.3, 0.4) is 0 Å². The minimum absolute atomic E-state index is 0.0583. The lowest BCUT2D eigenvalue weighted by Crippen LogP contribution is -2.44. The molecule has 1 rings (SSSR count). The fraction of sp³-hybridized carbons (Fsp3) is 0.818. The van der Waals surface area contributed by atoms with E-state index in [0.717, 1.165) is 11.6 Å². The molecule has 1 unspecified atom stereocenters. The van der Waals surface area contributed by atoms with E-state index in [2.05, 4.69) is 5.32 Å². The van der Waals surface area contributed by atoms with E-state index in [0.29, 0.717) is 4.99 Å². The summed E-state index contributed by atoms with van der Waals surface area (Å²) in [5.41, 5.74) is -0.511. The number of nitrogens with zero attached hydrogens (tertiary/aromatic N) is 1. The number of hydrogen-bond acceptors (Lipinski definition) is 5. The zero-order valence-electron chi connectivity index (χ0n) is 10.9. The van der Waals surface area contributed by atoms with Gasteiger partial charge >= 0.3 is 6.09 Å². The molecule has 1 amide bonds. The van der Waals surface area contributed by atoms with Crippen LogP contribution in [0.2, 0.25) is 0 Å². The molecule has 1 atom stereocenters. The average molecular weight is 292 g/mol. The summed E-state index contributed by atoms with van der Waals surface area (Å²) in [4.78, 5) is 14.0. The van der Waals surface area contributed by atoms with Crippen LogP contribution in [0.4, 0.5) is 4.79 Å². The van der Waals surface area contributed by atoms with E-state index < -0.39 is 11.7 Å². The van der Waals surface area contributed by atoms with Crippen LogP contribution in [-0.4, -0.2) is 57.5 Å². The number of carbonyl (C=O) groups is 1. The van der Waals surface area contributed by atoms with Gasteiger partial charge in [-0.15, -0.1) is 11.8 Å². The van der Waals surface area contributed by atoms with E-state index in [4.69, 9.17) is 17.0 Å². The Kier molecular flexibility index (Phi) is 5.68. The van der Waals surface area contributed by atoms with Gasteiger partial charge in [0, 0.05) is 5.75 Å². The van der Waals surface area contributed by atoms with Gasteiger partial charge in [0.15, 0.2) is 0 Å². The van der Waals surface area contributed by atoms with Crippen molar-refractivity contribution in [1.82, 2.24) is 10.2 Å². The molecule has 1 heterocycles. The van der Waals surface area contributed by atoms with Crippen molar-refractivity contribution in [1.29, 1.82) is 0 Å². The van der Waals surface area contributed by atoms with Gasteiger partial charge in [0.25, 0.3) is 0 Å². The van der Waals surface area contributed by atoms with Crippen LogP contribution in [-0.2, 0) is 4.74 Å². The highest BCUT2D eigenvalue weighted by molar-refractivity contribution is 7.99. The molecule has 0 saturated carbocycles. The highest BCUT2D eigenvalue weighted by atomic mass is 32.2. The van der Waals surface area contributed by atoms with Gasteiger partial charge in [-0.25, -0.2) is 4.79 Å². The Bertz CT molecular complexity index is 318. The molecule has 104 valence electrons. The van der Waals surface area contributed by atoms with Gasteiger partial charge < -0.3 is 20.1 Å². The first kappa shape index (κ1) is 15.5. The summed E-state index contributed by atoms with van der Waals surface area (Å²) in [6, 6.07) is 0.0583. The number of amides is 1. The Morgan fingerprint density at radius 2 is 2.28 bits per heavy atom. The van der Waals surface area contributed by atoms with Crippen molar-refractivity contribution >= 4 is 35.1 Å². The van der Waals surface area contributed by atoms with Crippen molar-refractivity contribution in [2.45, 2.75) is 32.4 Å². The number of thioether (sulfide) groups is 1. The molecule has 0 aromatic heterocycles. The standard InChI is InChI=1S/C11H20N2O3S2/c1-11(2,3)16-10(15)12-4-9(17)13-7-18-6-8(13)5-14/h8,14H,4-7H2,1-3H3,(H,12,15). The lowest BCUT2D eigenvalue weighted by atomic mass is 10.2. The Morgan fingerprint density at radius 1 is 1.61 bits per heavy atom. The Labute approximate surface area is 117 Å². The van der Waals surface area contributed by atoms with E-state index in [9.17, 15) is 9.90 Å². The second-order valence-corrected chi connectivity index (χ2v) is 6.53. The molecule has 0 aromatic rings. The first-order chi connectivity index (χ1) is 8.33. The molecule has 0 spiro atoms. The van der Waals surface area contributed by atoms with Crippen LogP contribution in [0.15, 0.2) is 0 Å². The fourth-order valence-corrected chi connectivity index (χ4v) is 3.07. The predicted molar refractivity (Wildman–Crippen MR) is 76.9 cm³/mol. The summed E-state index contributed by atoms with van der Waals surface area (Å²) in [7, 11) is 0. The molecular weight excluding hydrogens is 272 g/mol. The van der Waals surface area contributed by atoms with Gasteiger partial charge in [-0.3, -0.25) is 0 Å². The second kappa shape index (κ2) is 6.58. The number of rotatable bonds is 3. The van der Waals surface area contributed by atoms with Gasteiger partial charge in [0.05, 0.1) is 30.1 Å². The third kappa shape index (κ3) is 4.99. The smallest absolute Gasteiger partial charge is 0.408 e. The van der Waals surface area contributed by atoms with E-state index >= 15 is 0 Å². The lowest BCUT2D eigenvalue weighted by molar-refractivity contribution is 0.0535. The molecule has 0 aromatic carbocycles. The van der Waals surface area contributed by atoms with Crippen molar-refractivity contribution < 1.29 is 14.6 Å². The summed E-state index contributed by atoms with van der Waals surface area (Å²) >= 11 is 6.97. The van der Waals surface area contributed by atoms with E-state index in [1.807, 2.05) is 25.7 Å². The molecule has 0 aliphatic carbocycles. The zero-order valence-corrected chi connectivity index (χ0v) is 12.6. The van der Waals surface area contributed by atoms with E-state index in [1.54, 1.807) is 11.8 Å². The van der Waals surface area contributed by atoms with Gasteiger partial charge in [0.2, 0.25) is 0 Å². The molecular formula is C11H20N2O3S2. The summed E-state index contributed by atoms with van der Waals surface area (Å²) in [6.45, 7) is 5.78. The maximum absolute atomic E-state index is 11.5. The van der Waals surface area contributed by atoms with Crippen LogP contribution < -0.4 is 5.32 Å². The Balaban J connectivity index is 2.35. The van der Waals surface area contributed by atoms with E-state index in [1.165, 1.54) is 0 Å². The number of thiocarbonyl (C=S) groups is 1. The number of carbonyl (C=O) groups excluding carboxylic acids is 1. The van der Waals surface area contributed by atoms with Crippen molar-refractivity contribution in [2.75, 3.05) is 24.8 Å². The third-order valence-corrected chi connectivity index (χ3v) is 3.76. The molecule has 1 aliphatic rings. The first-order valence-corrected chi connectivity index (χ1v) is 7.34. The third-order valence-electron chi connectivity index (χ3n) is 2.30. The molecule has 2 N–H and O–H groups in total. The zero-order chi connectivity index (χ0) is 13.8. The molecule has 1 aliphatic heterocycles. The fourth-order valence-electron chi connectivity index (χ4n) is 1.47. The first-order valence-electron chi connectivity index (χ1n) is 5.78. The summed E-state index contributed by atoms with van der Waals surface area (Å²) in [6.07, 6.45) is -0.475. The second-order valence-electron chi connectivity index (χ2n) is 5.06. The molecule has 0 bridgehead atoms. The van der Waals surface area contributed by atoms with Crippen molar-refractivity contribution in [3.63, 3.8) is 0 Å². The number of aliphatic hydroxyl groups excluding tert-OH is 1. The molecule has 18 heavy (non-hydrogen) atoms. The largest absolute Gasteiger partial charge is 0.444 e. The number of ether oxygens (including phenoxy) is 1. The molecule has 7 heteroatoms. The molecule has 5 nitrogen and oxygen atoms in total. The number of nitrogens with one attached hydrogen (secondary N) is 1. The Hall–Kier alpha value is -0.530. The van der Waals surface area contributed by atoms with Crippen molar-refractivity contribution in [3.05, 3.63) is 0 Å². The minimum atomic E-state index is -0.511. The van der Waals surface area contributed by atoms with Gasteiger partial charge in [-0.2, -0.15) is 0 Å². The van der Waals surface area contributed by atoms with E-state index in [-0.39, 0.29) is 19.2 Å². The number of hydrogen-bond donors (Lipinski definition) is 2. The summed E-state index contributed by atoms with van der Waals surface area (Å²) in [5.74, 6) is 1.63. The lowest BCUT2D eigenvalue weighted by Gasteiger charge is -2.25. The predicted octanol–water partition coefficient (Wildman–Crippen LogP) is 1.21. The van der Waals surface area contributed by atoms with Crippen molar-refractivity contribution in [3.8, 4) is 0 Å². The highest BCUT2D eigenvalue weighted by Crippen LogP contribution is 2.20. The van der Waals surface area contributed by atoms with Crippen LogP contribution in [0, 0.1) is 0 Å². The summed E-state index contributed by atoms with van der Waals surface area (Å²) in [5, 5.41) is 11.8. The minimum Gasteiger partial charge on any atom is -0.444 e. The average Bonchev–Trinajstić information content (AvgIpc) is 2.71. The molecule has 1 saturated heterocycles. The highest BCUT2D eigenvalue weighted by Gasteiger charge is 2.26. The molecule has 0 radical (unpaired) electrons. The van der Waals surface area contributed by atoms with Crippen molar-refractivity contribution in [2.24, 2.45) is 0 Å². The van der Waals surface area contributed by atoms with Crippen LogP contribution in [0.25, 0.3) is 0 Å². The van der Waals surface area contributed by atoms with Crippen LogP contribution in [0.1, 0.15) is 20.8 Å². The van der Waals surface area contributed by atoms with Crippen LogP contribution >= 0.6 is 24.0 Å². The SMILES string of the molecule is CC(C)(C)OC(=O)NCC(=S)N1CSCC1CO. The topological polar surface area (TPSA) is 61.8 Å².